The van der Waals surface area contributed by atoms with Crippen LogP contribution in [0.25, 0.3) is 0 Å². The smallest absolute Gasteiger partial charge is 0.411 e. The van der Waals surface area contributed by atoms with Crippen LogP contribution in [0.15, 0.2) is 4.42 Å². The number of nitrogens with zero attached hydrogens (tertiary/aromatic N) is 5. The lowest BCUT2D eigenvalue weighted by Gasteiger charge is -2.42. The molecule has 3 fully saturated rings. The third kappa shape index (κ3) is 5.82. The highest BCUT2D eigenvalue weighted by Gasteiger charge is 2.47. The van der Waals surface area contributed by atoms with Crippen LogP contribution in [0.4, 0.5) is 14.4 Å². The fourth-order valence-electron chi connectivity index (χ4n) is 4.62. The Morgan fingerprint density at radius 1 is 1.11 bits per heavy atom. The summed E-state index contributed by atoms with van der Waals surface area (Å²) < 4.78 is 16.8. The number of urea groups is 1. The molecule has 4 amide bonds. The van der Waals surface area contributed by atoms with Crippen LogP contribution in [0.3, 0.4) is 0 Å². The van der Waals surface area contributed by atoms with Gasteiger partial charge in [-0.05, 0) is 67.2 Å². The standard InChI is InChI=1S/C23H36N6O7/c1-22(2,3)35-19(30)24-13-9-15(10-13)27(21(32)36-23(4,5)6)12-17-25-26-18(34-17)16-8-7-14-11-28(16)20(31)29(14)33/h13-16,33H,7-12H2,1-6H3,(H,24,30). The first-order valence-electron chi connectivity index (χ1n) is 12.3. The molecule has 2 N–H and O–H groups in total. The molecule has 2 atom stereocenters. The predicted molar refractivity (Wildman–Crippen MR) is 124 cm³/mol. The Hall–Kier alpha value is -3.09. The minimum Gasteiger partial charge on any atom is -0.444 e. The molecule has 1 aromatic rings. The van der Waals surface area contributed by atoms with Crippen molar-refractivity contribution in [2.24, 2.45) is 0 Å². The molecule has 3 aliphatic rings. The molecular weight excluding hydrogens is 472 g/mol. The van der Waals surface area contributed by atoms with Gasteiger partial charge in [-0.25, -0.2) is 19.4 Å². The first-order chi connectivity index (χ1) is 16.7. The number of alkyl carbamates (subject to hydrolysis) is 1. The van der Waals surface area contributed by atoms with Gasteiger partial charge < -0.3 is 24.1 Å². The number of hydrogen-bond acceptors (Lipinski definition) is 9. The number of nitrogens with one attached hydrogen (secondary N) is 1. The molecule has 36 heavy (non-hydrogen) atoms. The Balaban J connectivity index is 1.41. The van der Waals surface area contributed by atoms with Crippen molar-refractivity contribution in [1.82, 2.24) is 30.4 Å². The summed E-state index contributed by atoms with van der Waals surface area (Å²) in [4.78, 5) is 40.5. The van der Waals surface area contributed by atoms with E-state index in [-0.39, 0.29) is 36.5 Å². The molecule has 0 radical (unpaired) electrons. The molecule has 0 aromatic carbocycles. The van der Waals surface area contributed by atoms with Crippen LogP contribution in [-0.2, 0) is 16.0 Å². The zero-order valence-corrected chi connectivity index (χ0v) is 21.7. The highest BCUT2D eigenvalue weighted by Crippen LogP contribution is 2.37. The summed E-state index contributed by atoms with van der Waals surface area (Å²) in [5, 5.41) is 21.8. The summed E-state index contributed by atoms with van der Waals surface area (Å²) in [6.45, 7) is 11.2. The summed E-state index contributed by atoms with van der Waals surface area (Å²) in [6, 6.07) is -1.46. The number of aromatic nitrogens is 2. The second-order valence-corrected chi connectivity index (χ2v) is 11.6. The molecule has 2 saturated heterocycles. The Morgan fingerprint density at radius 3 is 2.42 bits per heavy atom. The molecule has 1 aromatic heterocycles. The summed E-state index contributed by atoms with van der Waals surface area (Å²) >= 11 is 0. The Labute approximate surface area is 210 Å². The number of rotatable bonds is 5. The van der Waals surface area contributed by atoms with Gasteiger partial charge in [-0.2, -0.15) is 0 Å². The van der Waals surface area contributed by atoms with Gasteiger partial charge in [0.25, 0.3) is 0 Å². The van der Waals surface area contributed by atoms with Gasteiger partial charge in [0.15, 0.2) is 0 Å². The number of amides is 4. The van der Waals surface area contributed by atoms with E-state index in [0.29, 0.717) is 32.2 Å². The molecule has 1 aliphatic carbocycles. The highest BCUT2D eigenvalue weighted by atomic mass is 16.6. The molecule has 2 bridgehead atoms. The number of hydrogen-bond donors (Lipinski definition) is 2. The molecular formula is C23H36N6O7. The van der Waals surface area contributed by atoms with Crippen LogP contribution in [0.1, 0.15) is 85.0 Å². The maximum Gasteiger partial charge on any atom is 0.411 e. The van der Waals surface area contributed by atoms with Crippen LogP contribution in [0.2, 0.25) is 0 Å². The van der Waals surface area contributed by atoms with E-state index in [1.165, 1.54) is 9.80 Å². The van der Waals surface area contributed by atoms with Crippen LogP contribution < -0.4 is 5.32 Å². The molecule has 3 heterocycles. The second-order valence-electron chi connectivity index (χ2n) is 11.6. The lowest BCUT2D eigenvalue weighted by molar-refractivity contribution is -0.0584. The molecule has 200 valence electrons. The number of piperidine rings is 1. The molecule has 13 heteroatoms. The van der Waals surface area contributed by atoms with Crippen molar-refractivity contribution < 1.29 is 33.5 Å². The molecule has 0 spiro atoms. The summed E-state index contributed by atoms with van der Waals surface area (Å²) in [6.07, 6.45) is 1.25. The lowest BCUT2D eigenvalue weighted by Crippen LogP contribution is -2.56. The van der Waals surface area contributed by atoms with Crippen molar-refractivity contribution in [2.75, 3.05) is 6.54 Å². The first-order valence-corrected chi connectivity index (χ1v) is 12.3. The minimum absolute atomic E-state index is 0.0289. The van der Waals surface area contributed by atoms with Crippen molar-refractivity contribution in [1.29, 1.82) is 0 Å². The highest BCUT2D eigenvalue weighted by molar-refractivity contribution is 5.76. The Bertz CT molecular complexity index is 994. The minimum atomic E-state index is -0.696. The van der Waals surface area contributed by atoms with Crippen molar-refractivity contribution in [3.8, 4) is 0 Å². The average molecular weight is 509 g/mol. The number of ether oxygens (including phenoxy) is 2. The fourth-order valence-corrected chi connectivity index (χ4v) is 4.62. The SMILES string of the molecule is CC(C)(C)OC(=O)NC1CC(N(Cc2nnc(C3CCC4CN3C(=O)N4O)o2)C(=O)OC(C)(C)C)C1. The normalized spacial score (nSPS) is 25.9. The van der Waals surface area contributed by atoms with E-state index in [9.17, 15) is 19.6 Å². The summed E-state index contributed by atoms with van der Waals surface area (Å²) in [5.74, 6) is 0.489. The monoisotopic (exact) mass is 508 g/mol. The predicted octanol–water partition coefficient (Wildman–Crippen LogP) is 3.19. The largest absolute Gasteiger partial charge is 0.444 e. The van der Waals surface area contributed by atoms with Gasteiger partial charge >= 0.3 is 18.2 Å². The van der Waals surface area contributed by atoms with Crippen molar-refractivity contribution in [2.45, 2.75) is 109 Å². The van der Waals surface area contributed by atoms with Gasteiger partial charge in [0.2, 0.25) is 11.8 Å². The van der Waals surface area contributed by atoms with Crippen molar-refractivity contribution in [3.05, 3.63) is 11.8 Å². The van der Waals surface area contributed by atoms with E-state index in [2.05, 4.69) is 15.5 Å². The topological polar surface area (TPSA) is 151 Å². The van der Waals surface area contributed by atoms with E-state index < -0.39 is 35.5 Å². The Morgan fingerprint density at radius 2 is 1.78 bits per heavy atom. The van der Waals surface area contributed by atoms with Gasteiger partial charge in [-0.15, -0.1) is 10.2 Å². The van der Waals surface area contributed by atoms with E-state index in [1.54, 1.807) is 41.5 Å². The quantitative estimate of drug-likeness (QED) is 0.571. The lowest BCUT2D eigenvalue weighted by atomic mass is 9.85. The van der Waals surface area contributed by atoms with E-state index in [0.717, 1.165) is 5.06 Å². The molecule has 1 saturated carbocycles. The molecule has 4 rings (SSSR count). The van der Waals surface area contributed by atoms with Gasteiger partial charge in [0, 0.05) is 18.6 Å². The molecule has 2 aliphatic heterocycles. The van der Waals surface area contributed by atoms with E-state index >= 15 is 0 Å². The van der Waals surface area contributed by atoms with Gasteiger partial charge in [-0.1, -0.05) is 0 Å². The molecule has 13 nitrogen and oxygen atoms in total. The average Bonchev–Trinajstić information content (AvgIpc) is 3.26. The Kier molecular flexibility index (Phi) is 6.80. The van der Waals surface area contributed by atoms with Crippen LogP contribution in [0, 0.1) is 0 Å². The number of carbonyl (C=O) groups excluding carboxylic acids is 3. The second kappa shape index (κ2) is 9.41. The van der Waals surface area contributed by atoms with Crippen molar-refractivity contribution in [3.63, 3.8) is 0 Å². The van der Waals surface area contributed by atoms with Gasteiger partial charge in [0.05, 0.1) is 6.04 Å². The maximum atomic E-state index is 13.0. The third-order valence-electron chi connectivity index (χ3n) is 6.32. The number of hydroxylamine groups is 2. The van der Waals surface area contributed by atoms with E-state index in [4.69, 9.17) is 13.9 Å². The summed E-state index contributed by atoms with van der Waals surface area (Å²) in [7, 11) is 0. The van der Waals surface area contributed by atoms with Crippen LogP contribution >= 0.6 is 0 Å². The third-order valence-corrected chi connectivity index (χ3v) is 6.32. The maximum absolute atomic E-state index is 13.0. The van der Waals surface area contributed by atoms with Crippen molar-refractivity contribution >= 4 is 18.2 Å². The zero-order chi connectivity index (χ0) is 26.4. The van der Waals surface area contributed by atoms with Gasteiger partial charge in [0.1, 0.15) is 23.8 Å². The fraction of sp³-hybridized carbons (Fsp3) is 0.783. The number of carbonyl (C=O) groups is 3. The van der Waals surface area contributed by atoms with Gasteiger partial charge in [-0.3, -0.25) is 10.1 Å². The first kappa shape index (κ1) is 26.0. The van der Waals surface area contributed by atoms with Crippen LogP contribution in [0.5, 0.6) is 0 Å². The molecule has 2 unspecified atom stereocenters. The number of fused-ring (bicyclic) bond motifs is 2. The zero-order valence-electron chi connectivity index (χ0n) is 21.7. The van der Waals surface area contributed by atoms with E-state index in [1.807, 2.05) is 0 Å². The summed E-state index contributed by atoms with van der Waals surface area (Å²) in [5.41, 5.74) is -1.29. The van der Waals surface area contributed by atoms with Crippen LogP contribution in [-0.4, -0.2) is 84.4 Å².